The first-order chi connectivity index (χ1) is 39.1. The minimum atomic E-state index is 0.597. The van der Waals surface area contributed by atoms with E-state index >= 15 is 0 Å². The molecular weight excluding hydrogens is 989 g/mol. The van der Waals surface area contributed by atoms with Crippen LogP contribution in [0.5, 0.6) is 0 Å². The summed E-state index contributed by atoms with van der Waals surface area (Å²) < 4.78 is 4.65. The summed E-state index contributed by atoms with van der Waals surface area (Å²) in [6.45, 7) is 0. The van der Waals surface area contributed by atoms with Gasteiger partial charge in [0.05, 0.1) is 22.1 Å². The molecule has 0 N–H and O–H groups in total. The van der Waals surface area contributed by atoms with Gasteiger partial charge in [0, 0.05) is 77.4 Å². The van der Waals surface area contributed by atoms with Crippen molar-refractivity contribution < 1.29 is 0 Å². The zero-order valence-corrected chi connectivity index (χ0v) is 42.9. The van der Waals surface area contributed by atoms with E-state index in [1.165, 1.54) is 0 Å². The summed E-state index contributed by atoms with van der Waals surface area (Å²) in [6, 6.07) is 87.5. The fraction of sp³-hybridized carbons (Fsp3) is 0. The summed E-state index contributed by atoms with van der Waals surface area (Å²) in [5.74, 6) is 3.67. The monoisotopic (exact) mass is 1030 g/mol. The maximum atomic E-state index is 5.06. The van der Waals surface area contributed by atoms with E-state index in [2.05, 4.69) is 143 Å². The Hall–Kier alpha value is -10.6. The second-order valence-electron chi connectivity index (χ2n) is 19.3. The second kappa shape index (κ2) is 19.2. The van der Waals surface area contributed by atoms with Crippen molar-refractivity contribution in [2.75, 3.05) is 0 Å². The van der Waals surface area contributed by atoms with Crippen LogP contribution in [0.3, 0.4) is 0 Å². The van der Waals surface area contributed by atoms with Gasteiger partial charge in [0.1, 0.15) is 10.0 Å². The highest BCUT2D eigenvalue weighted by atomic mass is 32.1. The number of benzene rings is 10. The number of para-hydroxylation sites is 2. The van der Waals surface area contributed by atoms with Gasteiger partial charge >= 0.3 is 0 Å². The van der Waals surface area contributed by atoms with E-state index < -0.39 is 0 Å². The third kappa shape index (κ3) is 8.29. The van der Waals surface area contributed by atoms with Crippen LogP contribution in [0, 0.1) is 0 Å². The summed E-state index contributed by atoms with van der Waals surface area (Å²) in [6.07, 6.45) is 0. The molecule has 5 aromatic heterocycles. The molecule has 5 heterocycles. The number of hydrogen-bond acceptors (Lipinski definition) is 9. The minimum absolute atomic E-state index is 0.597. The molecule has 0 amide bonds. The molecule has 10 aromatic carbocycles. The van der Waals surface area contributed by atoms with Crippen LogP contribution < -0.4 is 0 Å². The molecule has 0 aliphatic carbocycles. The van der Waals surface area contributed by atoms with E-state index in [1.807, 2.05) is 121 Å². The van der Waals surface area contributed by atoms with Crippen LogP contribution in [0.15, 0.2) is 255 Å². The topological polar surface area (TPSA) is 113 Å². The van der Waals surface area contributed by atoms with Crippen molar-refractivity contribution in [2.24, 2.45) is 0 Å². The smallest absolute Gasteiger partial charge is 0.164 e. The Labute approximate surface area is 457 Å². The Morgan fingerprint density at radius 2 is 0.532 bits per heavy atom. The Balaban J connectivity index is 0.808. The third-order valence-electron chi connectivity index (χ3n) is 14.4. The van der Waals surface area contributed by atoms with E-state index in [9.17, 15) is 0 Å². The van der Waals surface area contributed by atoms with Crippen LogP contribution >= 0.6 is 11.3 Å². The van der Waals surface area contributed by atoms with Crippen LogP contribution in [-0.2, 0) is 0 Å². The normalized spacial score (nSPS) is 11.5. The minimum Gasteiger partial charge on any atom is -0.309 e. The highest BCUT2D eigenvalue weighted by Crippen LogP contribution is 2.40. The molecule has 370 valence electrons. The average molecular weight is 1030 g/mol. The van der Waals surface area contributed by atoms with Gasteiger partial charge in [-0.15, -0.1) is 10.2 Å². The van der Waals surface area contributed by atoms with Gasteiger partial charge < -0.3 is 9.13 Å². The lowest BCUT2D eigenvalue weighted by Gasteiger charge is -2.12. The fourth-order valence-electron chi connectivity index (χ4n) is 10.7. The molecule has 0 aliphatic rings. The summed E-state index contributed by atoms with van der Waals surface area (Å²) in [7, 11) is 0. The zero-order valence-electron chi connectivity index (χ0n) is 42.1. The van der Waals surface area contributed by atoms with E-state index in [1.54, 1.807) is 11.3 Å². The SMILES string of the molecule is c1ccc(-c2nc(-c3ccccc3)nc(-c3cccc(-n4c5ccccc5c5ccc(-c6nnc(-c7ccc8c9ccccc9n(-c9cccc(-c%10nc(-c%11ccccc%11)nc(-c%11ccccc%11)n%10)c9)c8c7)s6)cc54)c3)n2)cc1. The lowest BCUT2D eigenvalue weighted by Crippen LogP contribution is -2.01. The third-order valence-corrected chi connectivity index (χ3v) is 15.4. The Bertz CT molecular complexity index is 4370. The average Bonchev–Trinajstić information content (AvgIpc) is 4.36. The second-order valence-corrected chi connectivity index (χ2v) is 20.2. The van der Waals surface area contributed by atoms with Crippen LogP contribution in [0.1, 0.15) is 0 Å². The number of fused-ring (bicyclic) bond motifs is 6. The molecule has 0 spiro atoms. The zero-order chi connectivity index (χ0) is 52.2. The molecule has 0 saturated carbocycles. The first-order valence-corrected chi connectivity index (χ1v) is 26.8. The summed E-state index contributed by atoms with van der Waals surface area (Å²) >= 11 is 1.58. The molecule has 11 heteroatoms. The molecule has 0 aliphatic heterocycles. The van der Waals surface area contributed by atoms with Crippen LogP contribution in [0.25, 0.3) is 144 Å². The lowest BCUT2D eigenvalue weighted by molar-refractivity contribution is 1.07. The highest BCUT2D eigenvalue weighted by molar-refractivity contribution is 7.17. The highest BCUT2D eigenvalue weighted by Gasteiger charge is 2.21. The van der Waals surface area contributed by atoms with Crippen molar-refractivity contribution in [1.29, 1.82) is 0 Å². The number of hydrogen-bond donors (Lipinski definition) is 0. The van der Waals surface area contributed by atoms with Crippen LogP contribution in [0.2, 0.25) is 0 Å². The quantitative estimate of drug-likeness (QED) is 0.133. The predicted octanol–water partition coefficient (Wildman–Crippen LogP) is 16.4. The van der Waals surface area contributed by atoms with Crippen molar-refractivity contribution in [3.8, 4) is 101 Å². The molecule has 0 bridgehead atoms. The van der Waals surface area contributed by atoms with E-state index in [0.29, 0.717) is 34.9 Å². The molecule has 0 fully saturated rings. The van der Waals surface area contributed by atoms with Crippen molar-refractivity contribution >= 4 is 54.9 Å². The maximum Gasteiger partial charge on any atom is 0.164 e. The number of rotatable bonds is 10. The van der Waals surface area contributed by atoms with E-state index in [0.717, 1.165) is 110 Å². The largest absolute Gasteiger partial charge is 0.309 e. The van der Waals surface area contributed by atoms with Gasteiger partial charge in [-0.3, -0.25) is 0 Å². The first-order valence-electron chi connectivity index (χ1n) is 26.0. The molecule has 0 radical (unpaired) electrons. The van der Waals surface area contributed by atoms with Gasteiger partial charge in [-0.1, -0.05) is 218 Å². The van der Waals surface area contributed by atoms with Crippen LogP contribution in [0.4, 0.5) is 0 Å². The molecule has 79 heavy (non-hydrogen) atoms. The Morgan fingerprint density at radius 1 is 0.228 bits per heavy atom. The van der Waals surface area contributed by atoms with Crippen molar-refractivity contribution in [3.63, 3.8) is 0 Å². The van der Waals surface area contributed by atoms with Gasteiger partial charge in [-0.2, -0.15) is 0 Å². The molecular formula is C68H42N10S. The molecule has 15 aromatic rings. The molecule has 0 unspecified atom stereocenters. The molecule has 15 rings (SSSR count). The first kappa shape index (κ1) is 45.7. The van der Waals surface area contributed by atoms with Crippen LogP contribution in [-0.4, -0.2) is 49.2 Å². The van der Waals surface area contributed by atoms with E-state index in [4.69, 9.17) is 40.1 Å². The summed E-state index contributed by atoms with van der Waals surface area (Å²) in [4.78, 5) is 30.1. The molecule has 0 atom stereocenters. The Morgan fingerprint density at radius 3 is 0.899 bits per heavy atom. The fourth-order valence-corrected chi connectivity index (χ4v) is 11.5. The van der Waals surface area contributed by atoms with Gasteiger partial charge in [-0.05, 0) is 48.5 Å². The van der Waals surface area contributed by atoms with Gasteiger partial charge in [0.15, 0.2) is 34.9 Å². The molecule has 10 nitrogen and oxygen atoms in total. The van der Waals surface area contributed by atoms with Crippen molar-refractivity contribution in [3.05, 3.63) is 255 Å². The lowest BCUT2D eigenvalue weighted by atomic mass is 10.1. The van der Waals surface area contributed by atoms with Gasteiger partial charge in [0.25, 0.3) is 0 Å². The standard InChI is InChI=1S/C68H42N10S/c1-5-19-43(20-6-1)61-69-62(44-21-7-2-8-22-44)72-65(71-61)47-27-17-29-51(39-47)77-57-33-15-13-31-53(57)55-37-35-49(41-59(55)77)67-75-76-68(79-67)50-36-38-56-54-32-14-16-34-58(54)78(60(56)42-50)52-30-18-28-48(40-52)66-73-63(45-23-9-3-10-24-45)70-64(74-66)46-25-11-4-12-26-46/h1-42H. The maximum absolute atomic E-state index is 5.06. The number of nitrogens with zero attached hydrogens (tertiary/aromatic N) is 10. The summed E-state index contributed by atoms with van der Waals surface area (Å²) in [5, 5.41) is 16.0. The van der Waals surface area contributed by atoms with Crippen molar-refractivity contribution in [1.82, 2.24) is 49.2 Å². The summed E-state index contributed by atoms with van der Waals surface area (Å²) in [5.41, 5.74) is 13.7. The predicted molar refractivity (Wildman–Crippen MR) is 319 cm³/mol. The van der Waals surface area contributed by atoms with Gasteiger partial charge in [-0.25, -0.2) is 29.9 Å². The van der Waals surface area contributed by atoms with E-state index in [-0.39, 0.29) is 0 Å². The van der Waals surface area contributed by atoms with Gasteiger partial charge in [0.2, 0.25) is 0 Å². The molecule has 0 saturated heterocycles. The van der Waals surface area contributed by atoms with Crippen molar-refractivity contribution in [2.45, 2.75) is 0 Å². The number of aromatic nitrogens is 10. The Kier molecular flexibility index (Phi) is 11.1.